The van der Waals surface area contributed by atoms with E-state index in [-0.39, 0.29) is 0 Å². The van der Waals surface area contributed by atoms with Crippen LogP contribution in [0.15, 0.2) is 188 Å². The van der Waals surface area contributed by atoms with Gasteiger partial charge in [0.1, 0.15) is 11.5 Å². The molecule has 8 aromatic carbocycles. The molecule has 0 spiro atoms. The monoisotopic (exact) mass is 677 g/mol. The molecule has 1 aromatic heterocycles. The Kier molecular flexibility index (Phi) is 7.43. The van der Waals surface area contributed by atoms with Gasteiger partial charge in [-0.2, -0.15) is 0 Å². The maximum atomic E-state index is 6.60. The maximum Gasteiger partial charge on any atom is 0.164 e. The highest BCUT2D eigenvalue weighted by molar-refractivity contribution is 6.10. The first kappa shape index (κ1) is 30.6. The lowest BCUT2D eigenvalue weighted by Crippen LogP contribution is -2.00. The smallest absolute Gasteiger partial charge is 0.164 e. The number of nitrogens with zero attached hydrogens (tertiary/aromatic N) is 3. The van der Waals surface area contributed by atoms with E-state index < -0.39 is 0 Å². The summed E-state index contributed by atoms with van der Waals surface area (Å²) in [6.07, 6.45) is 0. The zero-order valence-corrected chi connectivity index (χ0v) is 28.6. The second kappa shape index (κ2) is 12.9. The molecule has 0 radical (unpaired) electrons. The quantitative estimate of drug-likeness (QED) is 0.176. The average molecular weight is 678 g/mol. The zero-order valence-electron chi connectivity index (χ0n) is 28.6. The molecule has 0 saturated carbocycles. The van der Waals surface area contributed by atoms with Crippen molar-refractivity contribution in [3.8, 4) is 90.2 Å². The van der Waals surface area contributed by atoms with E-state index in [9.17, 15) is 0 Å². The van der Waals surface area contributed by atoms with Crippen LogP contribution in [0.4, 0.5) is 0 Å². The highest BCUT2D eigenvalue weighted by Gasteiger charge is 2.23. The predicted octanol–water partition coefficient (Wildman–Crippen LogP) is 12.8. The van der Waals surface area contributed by atoms with E-state index >= 15 is 0 Å². The number of rotatable bonds is 6. The molecule has 1 aliphatic rings. The molecule has 9 aromatic rings. The van der Waals surface area contributed by atoms with Crippen LogP contribution in [0.25, 0.3) is 89.4 Å². The Balaban J connectivity index is 1.04. The lowest BCUT2D eigenvalue weighted by molar-refractivity contribution is 0.487. The zero-order chi connectivity index (χ0) is 35.1. The van der Waals surface area contributed by atoms with Gasteiger partial charge in [-0.1, -0.05) is 170 Å². The Morgan fingerprint density at radius 2 is 0.736 bits per heavy atom. The molecule has 0 N–H and O–H groups in total. The van der Waals surface area contributed by atoms with Gasteiger partial charge < -0.3 is 4.74 Å². The van der Waals surface area contributed by atoms with E-state index in [1.54, 1.807) is 0 Å². The van der Waals surface area contributed by atoms with Crippen molar-refractivity contribution >= 4 is 10.8 Å². The summed E-state index contributed by atoms with van der Waals surface area (Å²) in [5.41, 5.74) is 12.1. The minimum atomic E-state index is 0.635. The lowest BCUT2D eigenvalue weighted by Gasteiger charge is -2.23. The molecule has 2 heterocycles. The van der Waals surface area contributed by atoms with E-state index in [1.165, 1.54) is 22.3 Å². The van der Waals surface area contributed by atoms with Crippen molar-refractivity contribution in [2.75, 3.05) is 0 Å². The minimum Gasteiger partial charge on any atom is -0.456 e. The van der Waals surface area contributed by atoms with Crippen molar-refractivity contribution in [2.45, 2.75) is 0 Å². The first-order chi connectivity index (χ1) is 26.3. The molecule has 1 aliphatic heterocycles. The van der Waals surface area contributed by atoms with Gasteiger partial charge in [-0.15, -0.1) is 0 Å². The van der Waals surface area contributed by atoms with Gasteiger partial charge in [-0.3, -0.25) is 0 Å². The topological polar surface area (TPSA) is 47.9 Å². The molecule has 4 nitrogen and oxygen atoms in total. The van der Waals surface area contributed by atoms with Crippen molar-refractivity contribution < 1.29 is 4.74 Å². The van der Waals surface area contributed by atoms with Gasteiger partial charge in [-0.05, 0) is 62.5 Å². The summed E-state index contributed by atoms with van der Waals surface area (Å²) in [5, 5.41) is 2.26. The van der Waals surface area contributed by atoms with Crippen LogP contribution in [-0.4, -0.2) is 15.0 Å². The Morgan fingerprint density at radius 3 is 1.36 bits per heavy atom. The molecule has 10 rings (SSSR count). The number of fused-ring (bicyclic) bond motifs is 2. The molecule has 0 aliphatic carbocycles. The molecule has 0 fully saturated rings. The highest BCUT2D eigenvalue weighted by Crippen LogP contribution is 2.50. The van der Waals surface area contributed by atoms with Crippen LogP contribution < -0.4 is 4.74 Å². The van der Waals surface area contributed by atoms with Crippen molar-refractivity contribution in [3.05, 3.63) is 188 Å². The Morgan fingerprint density at radius 1 is 0.283 bits per heavy atom. The maximum absolute atomic E-state index is 6.60. The van der Waals surface area contributed by atoms with Gasteiger partial charge in [0.2, 0.25) is 0 Å². The third kappa shape index (κ3) is 5.54. The molecule has 53 heavy (non-hydrogen) atoms. The number of hydrogen-bond donors (Lipinski definition) is 0. The van der Waals surface area contributed by atoms with Gasteiger partial charge in [0.15, 0.2) is 17.5 Å². The molecule has 248 valence electrons. The van der Waals surface area contributed by atoms with Gasteiger partial charge in [0.25, 0.3) is 0 Å². The number of benzene rings is 8. The number of hydrogen-bond acceptors (Lipinski definition) is 4. The van der Waals surface area contributed by atoms with Crippen molar-refractivity contribution in [3.63, 3.8) is 0 Å². The van der Waals surface area contributed by atoms with Crippen LogP contribution in [0.2, 0.25) is 0 Å². The van der Waals surface area contributed by atoms with Crippen LogP contribution in [0.5, 0.6) is 11.5 Å². The van der Waals surface area contributed by atoms with Crippen LogP contribution >= 0.6 is 0 Å². The third-order valence-electron chi connectivity index (χ3n) is 9.97. The fourth-order valence-electron chi connectivity index (χ4n) is 7.39. The second-order valence-corrected chi connectivity index (χ2v) is 13.2. The normalized spacial score (nSPS) is 11.5. The molecular weight excluding hydrogens is 647 g/mol. The van der Waals surface area contributed by atoms with Crippen LogP contribution in [0.3, 0.4) is 0 Å². The third-order valence-corrected chi connectivity index (χ3v) is 9.97. The van der Waals surface area contributed by atoms with E-state index in [0.29, 0.717) is 17.5 Å². The number of aromatic nitrogens is 3. The van der Waals surface area contributed by atoms with Crippen molar-refractivity contribution in [1.82, 2.24) is 15.0 Å². The lowest BCUT2D eigenvalue weighted by atomic mass is 9.88. The first-order valence-corrected chi connectivity index (χ1v) is 17.8. The summed E-state index contributed by atoms with van der Waals surface area (Å²) in [6.45, 7) is 0. The van der Waals surface area contributed by atoms with Gasteiger partial charge >= 0.3 is 0 Å². The second-order valence-electron chi connectivity index (χ2n) is 13.2. The first-order valence-electron chi connectivity index (χ1n) is 17.8. The van der Waals surface area contributed by atoms with E-state index in [4.69, 9.17) is 19.7 Å². The SMILES string of the molecule is c1ccc(-c2nc(-c3ccccc3)nc(-c3ccc(-c4ccc5c6c(cccc46)-c4cc(-c6ccccc6-c6ccccc6)ccc4O5)cc3)n2)cc1. The predicted molar refractivity (Wildman–Crippen MR) is 215 cm³/mol. The summed E-state index contributed by atoms with van der Waals surface area (Å²) >= 11 is 0. The van der Waals surface area contributed by atoms with Gasteiger partial charge in [0, 0.05) is 27.6 Å². The standard InChI is InChI=1S/C49H31N3O/c1-4-13-32(14-5-1)38-19-10-11-20-39(38)37-27-29-44-43(31-37)42-22-12-21-41-40(28-30-45(53-44)46(41)42)33-23-25-36(26-24-33)49-51-47(34-15-6-2-7-16-34)50-48(52-49)35-17-8-3-9-18-35/h1-31H. The van der Waals surface area contributed by atoms with E-state index in [0.717, 1.165) is 61.2 Å². The molecule has 0 amide bonds. The minimum absolute atomic E-state index is 0.635. The Hall–Kier alpha value is -7.17. The van der Waals surface area contributed by atoms with Crippen LogP contribution in [-0.2, 0) is 0 Å². The summed E-state index contributed by atoms with van der Waals surface area (Å²) in [6, 6.07) is 65.2. The largest absolute Gasteiger partial charge is 0.456 e. The fourth-order valence-corrected chi connectivity index (χ4v) is 7.39. The van der Waals surface area contributed by atoms with Crippen LogP contribution in [0, 0.1) is 0 Å². The summed E-state index contributed by atoms with van der Waals surface area (Å²) in [7, 11) is 0. The molecule has 0 bridgehead atoms. The molecule has 0 unspecified atom stereocenters. The van der Waals surface area contributed by atoms with E-state index in [2.05, 4.69) is 127 Å². The summed E-state index contributed by atoms with van der Waals surface area (Å²) in [5.74, 6) is 3.66. The average Bonchev–Trinajstić information content (AvgIpc) is 3.25. The van der Waals surface area contributed by atoms with Gasteiger partial charge in [-0.25, -0.2) is 15.0 Å². The molecule has 4 heteroatoms. The highest BCUT2D eigenvalue weighted by atomic mass is 16.5. The molecule has 0 atom stereocenters. The van der Waals surface area contributed by atoms with E-state index in [1.807, 2.05) is 60.7 Å². The van der Waals surface area contributed by atoms with Crippen molar-refractivity contribution in [1.29, 1.82) is 0 Å². The fraction of sp³-hybridized carbons (Fsp3) is 0. The summed E-state index contributed by atoms with van der Waals surface area (Å²) in [4.78, 5) is 14.7. The number of ether oxygens (including phenoxy) is 1. The summed E-state index contributed by atoms with van der Waals surface area (Å²) < 4.78 is 6.60. The van der Waals surface area contributed by atoms with Crippen molar-refractivity contribution in [2.24, 2.45) is 0 Å². The Labute approximate surface area is 307 Å². The Bertz CT molecular complexity index is 2720. The van der Waals surface area contributed by atoms with Crippen LogP contribution in [0.1, 0.15) is 0 Å². The van der Waals surface area contributed by atoms with Gasteiger partial charge in [0.05, 0.1) is 0 Å². The molecule has 0 saturated heterocycles. The molecular formula is C49H31N3O.